The summed E-state index contributed by atoms with van der Waals surface area (Å²) in [6, 6.07) is 12.3. The molecule has 9 nitrogen and oxygen atoms in total. The molecule has 33 heavy (non-hydrogen) atoms. The molecule has 2 heterocycles. The van der Waals surface area contributed by atoms with Crippen LogP contribution in [0.5, 0.6) is 5.75 Å². The molecule has 178 valence electrons. The number of carbonyl (C=O) groups is 1. The third kappa shape index (κ3) is 4.71. The summed E-state index contributed by atoms with van der Waals surface area (Å²) in [6.45, 7) is 1.90. The lowest BCUT2D eigenvalue weighted by Crippen LogP contribution is -2.64. The van der Waals surface area contributed by atoms with Gasteiger partial charge >= 0.3 is 6.03 Å². The summed E-state index contributed by atoms with van der Waals surface area (Å²) in [5, 5.41) is 1.83. The molecule has 2 aromatic rings. The average Bonchev–Trinajstić information content (AvgIpc) is 2.79. The average molecular weight is 494 g/mol. The van der Waals surface area contributed by atoms with E-state index in [2.05, 4.69) is 5.32 Å². The Balaban J connectivity index is 1.53. The topological polar surface area (TPSA) is 113 Å². The molecule has 0 aliphatic carbocycles. The minimum absolute atomic E-state index is 0.0657. The number of carbonyl (C=O) groups excluding carboxylic acids is 1. The van der Waals surface area contributed by atoms with Gasteiger partial charge in [0.15, 0.2) is 9.84 Å². The van der Waals surface area contributed by atoms with Crippen LogP contribution in [0.4, 0.5) is 10.5 Å². The lowest BCUT2D eigenvalue weighted by Gasteiger charge is -2.45. The molecule has 2 unspecified atom stereocenters. The molecule has 1 N–H and O–H groups in total. The first-order valence-electron chi connectivity index (χ1n) is 10.6. The van der Waals surface area contributed by atoms with E-state index in [1.165, 1.54) is 21.3 Å². The van der Waals surface area contributed by atoms with Crippen molar-refractivity contribution in [3.8, 4) is 5.75 Å². The normalized spacial score (nSPS) is 22.9. The minimum Gasteiger partial charge on any atom is -0.497 e. The molecule has 0 bridgehead atoms. The number of piperidine rings is 1. The molecule has 0 radical (unpaired) electrons. The van der Waals surface area contributed by atoms with Gasteiger partial charge in [0.2, 0.25) is 10.0 Å². The number of methoxy groups -OCH3 is 1. The maximum Gasteiger partial charge on any atom is 0.322 e. The molecule has 2 aromatic carbocycles. The van der Waals surface area contributed by atoms with Crippen molar-refractivity contribution in [3.05, 3.63) is 54.1 Å². The van der Waals surface area contributed by atoms with E-state index in [0.29, 0.717) is 11.4 Å². The molecule has 11 heteroatoms. The van der Waals surface area contributed by atoms with Gasteiger partial charge in [-0.1, -0.05) is 17.7 Å². The molecule has 2 aliphatic heterocycles. The number of urea groups is 1. The number of nitrogens with one attached hydrogen (secondary N) is 1. The summed E-state index contributed by atoms with van der Waals surface area (Å²) >= 11 is 0. The van der Waals surface area contributed by atoms with Gasteiger partial charge < -0.3 is 15.0 Å². The van der Waals surface area contributed by atoms with Crippen molar-refractivity contribution in [1.29, 1.82) is 0 Å². The summed E-state index contributed by atoms with van der Waals surface area (Å²) in [4.78, 5) is 14.6. The number of hydrogen-bond acceptors (Lipinski definition) is 6. The molecule has 4 rings (SSSR count). The van der Waals surface area contributed by atoms with Gasteiger partial charge in [-0.2, -0.15) is 4.31 Å². The smallest absolute Gasteiger partial charge is 0.322 e. The number of hydrogen-bond donors (Lipinski definition) is 1. The maximum atomic E-state index is 13.1. The highest BCUT2D eigenvalue weighted by Crippen LogP contribution is 2.31. The number of fused-ring (bicyclic) bond motifs is 1. The fourth-order valence-electron chi connectivity index (χ4n) is 4.33. The highest BCUT2D eigenvalue weighted by atomic mass is 32.2. The van der Waals surface area contributed by atoms with Crippen molar-refractivity contribution in [1.82, 2.24) is 9.21 Å². The second-order valence-corrected chi connectivity index (χ2v) is 12.6. The van der Waals surface area contributed by atoms with Gasteiger partial charge in [-0.05, 0) is 49.7 Å². The number of nitrogens with zero attached hydrogens (tertiary/aromatic N) is 2. The number of benzene rings is 2. The first kappa shape index (κ1) is 23.5. The standard InChI is InChI=1S/C22H27N3O6S2/c1-16-3-9-19(10-4-16)33(29,30)24-12-11-20-21(15-24)32(27,28)14-13-25(20)22(26)23-17-5-7-18(31-2)8-6-17/h3-10,20-21H,11-15H2,1-2H3,(H,23,26). The largest absolute Gasteiger partial charge is 0.497 e. The number of amides is 2. The molecule has 2 saturated heterocycles. The second kappa shape index (κ2) is 8.96. The van der Waals surface area contributed by atoms with Gasteiger partial charge in [0.05, 0.1) is 29.0 Å². The van der Waals surface area contributed by atoms with E-state index < -0.39 is 37.2 Å². The van der Waals surface area contributed by atoms with Crippen molar-refractivity contribution in [2.75, 3.05) is 37.8 Å². The number of anilines is 1. The predicted molar refractivity (Wildman–Crippen MR) is 125 cm³/mol. The Morgan fingerprint density at radius 3 is 2.36 bits per heavy atom. The van der Waals surface area contributed by atoms with Crippen molar-refractivity contribution in [3.63, 3.8) is 0 Å². The summed E-state index contributed by atoms with van der Waals surface area (Å²) in [5.41, 5.74) is 1.49. The number of ether oxygens (including phenoxy) is 1. The van der Waals surface area contributed by atoms with Crippen LogP contribution in [0, 0.1) is 6.92 Å². The van der Waals surface area contributed by atoms with E-state index in [4.69, 9.17) is 4.74 Å². The number of aryl methyl sites for hydroxylation is 1. The van der Waals surface area contributed by atoms with Gasteiger partial charge in [0.1, 0.15) is 5.75 Å². The maximum absolute atomic E-state index is 13.1. The van der Waals surface area contributed by atoms with Gasteiger partial charge in [-0.15, -0.1) is 0 Å². The third-order valence-electron chi connectivity index (χ3n) is 6.23. The molecule has 2 atom stereocenters. The molecule has 0 aromatic heterocycles. The van der Waals surface area contributed by atoms with Gasteiger partial charge in [0, 0.05) is 25.3 Å². The molecule has 0 saturated carbocycles. The summed E-state index contributed by atoms with van der Waals surface area (Å²) in [6.07, 6.45) is 0.241. The van der Waals surface area contributed by atoms with Gasteiger partial charge in [0.25, 0.3) is 0 Å². The summed E-state index contributed by atoms with van der Waals surface area (Å²) < 4.78 is 58.3. The van der Waals surface area contributed by atoms with E-state index >= 15 is 0 Å². The zero-order chi connectivity index (χ0) is 23.8. The summed E-state index contributed by atoms with van der Waals surface area (Å²) in [7, 11) is -5.84. The van der Waals surface area contributed by atoms with Gasteiger partial charge in [-0.3, -0.25) is 0 Å². The van der Waals surface area contributed by atoms with Gasteiger partial charge in [-0.25, -0.2) is 21.6 Å². The fraction of sp³-hybridized carbons (Fsp3) is 0.409. The zero-order valence-corrected chi connectivity index (χ0v) is 20.1. The Kier molecular flexibility index (Phi) is 6.39. The zero-order valence-electron chi connectivity index (χ0n) is 18.5. The van der Waals surface area contributed by atoms with Crippen LogP contribution >= 0.6 is 0 Å². The van der Waals surface area contributed by atoms with E-state index in [0.717, 1.165) is 5.56 Å². The van der Waals surface area contributed by atoms with E-state index in [9.17, 15) is 21.6 Å². The van der Waals surface area contributed by atoms with Crippen LogP contribution in [0.1, 0.15) is 12.0 Å². The summed E-state index contributed by atoms with van der Waals surface area (Å²) in [5.74, 6) is 0.446. The van der Waals surface area contributed by atoms with Crippen LogP contribution < -0.4 is 10.1 Å². The third-order valence-corrected chi connectivity index (χ3v) is 10.2. The number of rotatable bonds is 4. The van der Waals surface area contributed by atoms with Crippen LogP contribution in [0.25, 0.3) is 0 Å². The molecular weight excluding hydrogens is 466 g/mol. The van der Waals surface area contributed by atoms with Crippen LogP contribution in [-0.2, 0) is 19.9 Å². The van der Waals surface area contributed by atoms with Crippen LogP contribution in [-0.4, -0.2) is 75.9 Å². The Morgan fingerprint density at radius 1 is 1.06 bits per heavy atom. The molecule has 2 aliphatic rings. The Morgan fingerprint density at radius 2 is 1.73 bits per heavy atom. The number of sulfonamides is 1. The molecule has 0 spiro atoms. The second-order valence-electron chi connectivity index (χ2n) is 8.29. The highest BCUT2D eigenvalue weighted by molar-refractivity contribution is 7.92. The van der Waals surface area contributed by atoms with Crippen molar-refractivity contribution < 1.29 is 26.4 Å². The number of sulfone groups is 1. The van der Waals surface area contributed by atoms with Crippen molar-refractivity contribution in [2.45, 2.75) is 29.5 Å². The quantitative estimate of drug-likeness (QED) is 0.698. The van der Waals surface area contributed by atoms with Crippen molar-refractivity contribution in [2.24, 2.45) is 0 Å². The van der Waals surface area contributed by atoms with E-state index in [-0.39, 0.29) is 36.7 Å². The van der Waals surface area contributed by atoms with E-state index in [1.807, 2.05) is 6.92 Å². The van der Waals surface area contributed by atoms with Crippen LogP contribution in [0.3, 0.4) is 0 Å². The van der Waals surface area contributed by atoms with Crippen LogP contribution in [0.15, 0.2) is 53.4 Å². The van der Waals surface area contributed by atoms with E-state index in [1.54, 1.807) is 43.5 Å². The molecule has 2 amide bonds. The first-order valence-corrected chi connectivity index (χ1v) is 13.8. The Labute approximate surface area is 194 Å². The minimum atomic E-state index is -3.83. The predicted octanol–water partition coefficient (Wildman–Crippen LogP) is 2.10. The first-order chi connectivity index (χ1) is 15.6. The highest BCUT2D eigenvalue weighted by Gasteiger charge is 2.48. The fourth-order valence-corrected chi connectivity index (χ4v) is 7.83. The Bertz CT molecular complexity index is 1230. The lowest BCUT2D eigenvalue weighted by atomic mass is 10.0. The molecular formula is C22H27N3O6S2. The Hall–Kier alpha value is -2.63. The molecule has 2 fully saturated rings. The van der Waals surface area contributed by atoms with Crippen molar-refractivity contribution >= 4 is 31.6 Å². The van der Waals surface area contributed by atoms with Crippen LogP contribution in [0.2, 0.25) is 0 Å². The lowest BCUT2D eigenvalue weighted by molar-refractivity contribution is 0.155. The monoisotopic (exact) mass is 493 g/mol. The SMILES string of the molecule is COc1ccc(NC(=O)N2CCS(=O)(=O)C3CN(S(=O)(=O)c4ccc(C)cc4)CCC32)cc1.